The summed E-state index contributed by atoms with van der Waals surface area (Å²) in [6, 6.07) is 6.92. The van der Waals surface area contributed by atoms with Gasteiger partial charge in [-0.1, -0.05) is 18.9 Å². The lowest BCUT2D eigenvalue weighted by Gasteiger charge is -2.20. The Morgan fingerprint density at radius 2 is 1.75 bits per heavy atom. The van der Waals surface area contributed by atoms with E-state index in [4.69, 9.17) is 5.11 Å². The summed E-state index contributed by atoms with van der Waals surface area (Å²) >= 11 is 0. The second-order valence-corrected chi connectivity index (χ2v) is 6.08. The van der Waals surface area contributed by atoms with E-state index in [-0.39, 0.29) is 24.7 Å². The predicted octanol–water partition coefficient (Wildman–Crippen LogP) is 2.90. The molecule has 1 aromatic carbocycles. The summed E-state index contributed by atoms with van der Waals surface area (Å²) in [6.45, 7) is 1.56. The van der Waals surface area contributed by atoms with Crippen molar-refractivity contribution in [1.29, 1.82) is 0 Å². The Hall–Kier alpha value is -2.37. The summed E-state index contributed by atoms with van der Waals surface area (Å²) in [7, 11) is 0. The van der Waals surface area contributed by atoms with E-state index in [0.717, 1.165) is 38.8 Å². The van der Waals surface area contributed by atoms with E-state index in [1.165, 1.54) is 0 Å². The number of nitrogens with one attached hydrogen (secondary N) is 1. The normalized spacial score (nSPS) is 14.8. The van der Waals surface area contributed by atoms with Gasteiger partial charge in [0, 0.05) is 37.2 Å². The Morgan fingerprint density at radius 3 is 2.42 bits per heavy atom. The molecule has 0 unspecified atom stereocenters. The summed E-state index contributed by atoms with van der Waals surface area (Å²) in [5.74, 6) is -1.15. The standard InChI is InChI=1S/C18H24N2O4/c21-16(9-6-10-17(22)23)19-15-8-5-7-14(13-15)18(24)20-11-3-1-2-4-12-20/h5,7-8,13H,1-4,6,9-12H2,(H,19,21)(H,22,23). The van der Waals surface area contributed by atoms with E-state index in [9.17, 15) is 14.4 Å². The SMILES string of the molecule is O=C(O)CCCC(=O)Nc1cccc(C(=O)N2CCCCCC2)c1. The molecule has 1 saturated heterocycles. The van der Waals surface area contributed by atoms with Gasteiger partial charge in [0.25, 0.3) is 5.91 Å². The van der Waals surface area contributed by atoms with Gasteiger partial charge in [-0.15, -0.1) is 0 Å². The summed E-state index contributed by atoms with van der Waals surface area (Å²) in [5.41, 5.74) is 1.14. The van der Waals surface area contributed by atoms with Gasteiger partial charge in [0.05, 0.1) is 0 Å². The average molecular weight is 332 g/mol. The number of hydrogen-bond donors (Lipinski definition) is 2. The third-order valence-corrected chi connectivity index (χ3v) is 4.08. The third-order valence-electron chi connectivity index (χ3n) is 4.08. The lowest BCUT2D eigenvalue weighted by molar-refractivity contribution is -0.137. The molecule has 0 saturated carbocycles. The zero-order valence-electron chi connectivity index (χ0n) is 13.8. The van der Waals surface area contributed by atoms with E-state index < -0.39 is 5.97 Å². The Balaban J connectivity index is 1.93. The predicted molar refractivity (Wildman–Crippen MR) is 90.9 cm³/mol. The molecule has 0 aliphatic carbocycles. The van der Waals surface area contributed by atoms with Crippen molar-refractivity contribution in [3.63, 3.8) is 0 Å². The number of amides is 2. The van der Waals surface area contributed by atoms with Crippen LogP contribution < -0.4 is 5.32 Å². The molecular formula is C18H24N2O4. The number of carboxylic acids is 1. The maximum absolute atomic E-state index is 12.6. The first kappa shape index (κ1) is 18.0. The zero-order chi connectivity index (χ0) is 17.4. The van der Waals surface area contributed by atoms with Crippen LogP contribution in [0.4, 0.5) is 5.69 Å². The Labute approximate surface area is 141 Å². The van der Waals surface area contributed by atoms with Gasteiger partial charge in [0.2, 0.25) is 5.91 Å². The fraction of sp³-hybridized carbons (Fsp3) is 0.500. The number of aliphatic carboxylic acids is 1. The fourth-order valence-corrected chi connectivity index (χ4v) is 2.81. The molecule has 1 aliphatic heterocycles. The van der Waals surface area contributed by atoms with Gasteiger partial charge in [-0.05, 0) is 37.5 Å². The molecule has 1 aliphatic rings. The van der Waals surface area contributed by atoms with Crippen molar-refractivity contribution in [2.45, 2.75) is 44.9 Å². The summed E-state index contributed by atoms with van der Waals surface area (Å²) in [4.78, 5) is 36.7. The monoisotopic (exact) mass is 332 g/mol. The molecule has 0 radical (unpaired) electrons. The molecule has 2 N–H and O–H groups in total. The summed E-state index contributed by atoms with van der Waals surface area (Å²) < 4.78 is 0. The minimum Gasteiger partial charge on any atom is -0.481 e. The van der Waals surface area contributed by atoms with Crippen molar-refractivity contribution in [3.8, 4) is 0 Å². The summed E-state index contributed by atoms with van der Waals surface area (Å²) in [6.07, 6.45) is 4.81. The van der Waals surface area contributed by atoms with Gasteiger partial charge in [-0.25, -0.2) is 0 Å². The molecule has 6 nitrogen and oxygen atoms in total. The molecule has 130 valence electrons. The van der Waals surface area contributed by atoms with Gasteiger partial charge in [0.15, 0.2) is 0 Å². The van der Waals surface area contributed by atoms with E-state index in [2.05, 4.69) is 5.32 Å². The van der Waals surface area contributed by atoms with Crippen LogP contribution in [0.2, 0.25) is 0 Å². The van der Waals surface area contributed by atoms with Crippen molar-refractivity contribution < 1.29 is 19.5 Å². The molecule has 0 bridgehead atoms. The van der Waals surface area contributed by atoms with Gasteiger partial charge in [-0.3, -0.25) is 14.4 Å². The van der Waals surface area contributed by atoms with Crippen molar-refractivity contribution in [1.82, 2.24) is 4.90 Å². The van der Waals surface area contributed by atoms with Gasteiger partial charge in [-0.2, -0.15) is 0 Å². The van der Waals surface area contributed by atoms with Gasteiger partial charge >= 0.3 is 5.97 Å². The number of rotatable bonds is 6. The summed E-state index contributed by atoms with van der Waals surface area (Å²) in [5, 5.41) is 11.3. The molecular weight excluding hydrogens is 308 g/mol. The fourth-order valence-electron chi connectivity index (χ4n) is 2.81. The number of carbonyl (C=O) groups is 3. The topological polar surface area (TPSA) is 86.7 Å². The molecule has 0 aromatic heterocycles. The lowest BCUT2D eigenvalue weighted by Crippen LogP contribution is -2.31. The van der Waals surface area contributed by atoms with Crippen LogP contribution in [0.1, 0.15) is 55.3 Å². The van der Waals surface area contributed by atoms with Crippen LogP contribution in [-0.4, -0.2) is 40.9 Å². The second-order valence-electron chi connectivity index (χ2n) is 6.08. The smallest absolute Gasteiger partial charge is 0.303 e. The van der Waals surface area contributed by atoms with E-state index in [0.29, 0.717) is 17.7 Å². The first-order valence-electron chi connectivity index (χ1n) is 8.47. The lowest BCUT2D eigenvalue weighted by atomic mass is 10.1. The molecule has 1 aromatic rings. The molecule has 1 heterocycles. The van der Waals surface area contributed by atoms with Crippen molar-refractivity contribution in [2.24, 2.45) is 0 Å². The number of likely N-dealkylation sites (tertiary alicyclic amines) is 1. The maximum atomic E-state index is 12.6. The maximum Gasteiger partial charge on any atom is 0.303 e. The molecule has 0 atom stereocenters. The van der Waals surface area contributed by atoms with Crippen molar-refractivity contribution >= 4 is 23.5 Å². The molecule has 1 fully saturated rings. The number of hydrogen-bond acceptors (Lipinski definition) is 3. The minimum atomic E-state index is -0.909. The van der Waals surface area contributed by atoms with E-state index in [1.807, 2.05) is 4.90 Å². The van der Waals surface area contributed by atoms with Gasteiger partial charge < -0.3 is 15.3 Å². The van der Waals surface area contributed by atoms with Crippen LogP contribution in [0.15, 0.2) is 24.3 Å². The largest absolute Gasteiger partial charge is 0.481 e. The third kappa shape index (κ3) is 5.68. The molecule has 24 heavy (non-hydrogen) atoms. The highest BCUT2D eigenvalue weighted by atomic mass is 16.4. The first-order chi connectivity index (χ1) is 11.6. The number of anilines is 1. The molecule has 6 heteroatoms. The highest BCUT2D eigenvalue weighted by Gasteiger charge is 2.17. The first-order valence-corrected chi connectivity index (χ1v) is 8.47. The number of benzene rings is 1. The van der Waals surface area contributed by atoms with Crippen LogP contribution in [-0.2, 0) is 9.59 Å². The van der Waals surface area contributed by atoms with Crippen LogP contribution >= 0.6 is 0 Å². The highest BCUT2D eigenvalue weighted by Crippen LogP contribution is 2.16. The van der Waals surface area contributed by atoms with Crippen LogP contribution in [0.5, 0.6) is 0 Å². The second kappa shape index (κ2) is 9.05. The molecule has 0 spiro atoms. The van der Waals surface area contributed by atoms with E-state index >= 15 is 0 Å². The van der Waals surface area contributed by atoms with Crippen LogP contribution in [0.3, 0.4) is 0 Å². The number of nitrogens with zero attached hydrogens (tertiary/aromatic N) is 1. The quantitative estimate of drug-likeness (QED) is 0.838. The highest BCUT2D eigenvalue weighted by molar-refractivity contribution is 5.97. The molecule has 2 amide bonds. The van der Waals surface area contributed by atoms with Crippen molar-refractivity contribution in [3.05, 3.63) is 29.8 Å². The van der Waals surface area contributed by atoms with Crippen LogP contribution in [0, 0.1) is 0 Å². The molecule has 2 rings (SSSR count). The Bertz CT molecular complexity index is 592. The number of carboxylic acid groups (broad SMARTS) is 1. The average Bonchev–Trinajstić information content (AvgIpc) is 2.83. The van der Waals surface area contributed by atoms with E-state index in [1.54, 1.807) is 24.3 Å². The van der Waals surface area contributed by atoms with Crippen LogP contribution in [0.25, 0.3) is 0 Å². The Morgan fingerprint density at radius 1 is 1.04 bits per heavy atom. The zero-order valence-corrected chi connectivity index (χ0v) is 13.8. The minimum absolute atomic E-state index is 0.00104. The van der Waals surface area contributed by atoms with Crippen molar-refractivity contribution in [2.75, 3.05) is 18.4 Å². The Kier molecular flexibility index (Phi) is 6.78. The number of carbonyl (C=O) groups excluding carboxylic acids is 2. The van der Waals surface area contributed by atoms with Gasteiger partial charge in [0.1, 0.15) is 0 Å².